The van der Waals surface area contributed by atoms with Gasteiger partial charge in [0.25, 0.3) is 5.91 Å². The zero-order chi connectivity index (χ0) is 24.2. The number of rotatable bonds is 5. The monoisotopic (exact) mass is 470 g/mol. The Morgan fingerprint density at radius 1 is 1.06 bits per heavy atom. The van der Waals surface area contributed by atoms with E-state index in [1.807, 2.05) is 73.8 Å². The van der Waals surface area contributed by atoms with Crippen LogP contribution in [0.1, 0.15) is 28.9 Å². The number of amides is 1. The SMILES string of the molecule is Cc1ccc(-c2ncon2)cc1NC(=O)c1cnc2cc(Nc3ccccc3)ccn12.FC1CC1. The number of carbonyl (C=O) groups excluding carboxylic acids is 1. The number of hydrogen-bond donors (Lipinski definition) is 2. The molecule has 5 aromatic rings. The highest BCUT2D eigenvalue weighted by Gasteiger charge is 2.18. The maximum absolute atomic E-state index is 13.0. The summed E-state index contributed by atoms with van der Waals surface area (Å²) < 4.78 is 17.7. The number of imidazole rings is 1. The number of hydrogen-bond acceptors (Lipinski definition) is 6. The molecule has 1 fully saturated rings. The van der Waals surface area contributed by atoms with Gasteiger partial charge in [0.1, 0.15) is 17.5 Å². The van der Waals surface area contributed by atoms with Crippen LogP contribution in [0.3, 0.4) is 0 Å². The number of aryl methyl sites for hydroxylation is 1. The van der Waals surface area contributed by atoms with Gasteiger partial charge in [0.05, 0.1) is 6.20 Å². The summed E-state index contributed by atoms with van der Waals surface area (Å²) in [6.07, 6.45) is 5.88. The Labute approximate surface area is 200 Å². The number of fused-ring (bicyclic) bond motifs is 1. The van der Waals surface area contributed by atoms with Crippen LogP contribution >= 0.6 is 0 Å². The zero-order valence-corrected chi connectivity index (χ0v) is 19.0. The van der Waals surface area contributed by atoms with E-state index in [9.17, 15) is 9.18 Å². The standard InChI is InChI=1S/C23H18N6O2.C3H5F/c1-15-7-8-16(22-25-14-31-28-22)11-19(15)27-23(30)20-13-24-21-12-18(9-10-29(20)21)26-17-5-3-2-4-6-17;4-3-1-2-3/h2-14,26H,1H3,(H,27,30);3H,1-2H2. The largest absolute Gasteiger partial charge is 0.355 e. The molecule has 0 bridgehead atoms. The van der Waals surface area contributed by atoms with Crippen molar-refractivity contribution in [3.8, 4) is 11.4 Å². The number of para-hydroxylation sites is 1. The van der Waals surface area contributed by atoms with Gasteiger partial charge in [-0.25, -0.2) is 9.37 Å². The third-order valence-electron chi connectivity index (χ3n) is 5.42. The van der Waals surface area contributed by atoms with Crippen molar-refractivity contribution in [3.05, 3.63) is 90.7 Å². The van der Waals surface area contributed by atoms with Crippen LogP contribution in [0.15, 0.2) is 84.0 Å². The number of carbonyl (C=O) groups is 1. The van der Waals surface area contributed by atoms with E-state index in [1.54, 1.807) is 10.6 Å². The average molecular weight is 471 g/mol. The second-order valence-electron chi connectivity index (χ2n) is 8.19. The van der Waals surface area contributed by atoms with E-state index in [-0.39, 0.29) is 5.91 Å². The quantitative estimate of drug-likeness (QED) is 0.337. The summed E-state index contributed by atoms with van der Waals surface area (Å²) in [4.78, 5) is 21.4. The lowest BCUT2D eigenvalue weighted by Crippen LogP contribution is -2.15. The van der Waals surface area contributed by atoms with E-state index in [2.05, 4.69) is 25.8 Å². The van der Waals surface area contributed by atoms with Gasteiger partial charge in [0.2, 0.25) is 12.2 Å². The van der Waals surface area contributed by atoms with E-state index in [4.69, 9.17) is 4.52 Å². The van der Waals surface area contributed by atoms with Gasteiger partial charge in [0, 0.05) is 34.9 Å². The van der Waals surface area contributed by atoms with Crippen LogP contribution in [-0.2, 0) is 0 Å². The Hall–Kier alpha value is -4.53. The molecule has 3 aromatic heterocycles. The maximum atomic E-state index is 13.0. The lowest BCUT2D eigenvalue weighted by molar-refractivity contribution is 0.102. The molecule has 0 unspecified atom stereocenters. The molecule has 0 aliphatic heterocycles. The van der Waals surface area contributed by atoms with Crippen LogP contribution < -0.4 is 10.6 Å². The molecule has 0 atom stereocenters. The lowest BCUT2D eigenvalue weighted by Gasteiger charge is -2.10. The minimum atomic E-state index is -0.417. The summed E-state index contributed by atoms with van der Waals surface area (Å²) in [7, 11) is 0. The molecule has 0 spiro atoms. The Morgan fingerprint density at radius 3 is 2.57 bits per heavy atom. The fourth-order valence-corrected chi connectivity index (χ4v) is 3.36. The molecule has 1 aliphatic rings. The Kier molecular flexibility index (Phi) is 6.21. The molecular weight excluding hydrogens is 447 g/mol. The molecule has 9 heteroatoms. The highest BCUT2D eigenvalue weighted by molar-refractivity contribution is 6.04. The van der Waals surface area contributed by atoms with Crippen LogP contribution in [-0.4, -0.2) is 31.6 Å². The van der Waals surface area contributed by atoms with E-state index < -0.39 is 6.17 Å². The van der Waals surface area contributed by atoms with E-state index in [1.165, 1.54) is 6.39 Å². The van der Waals surface area contributed by atoms with Crippen LogP contribution in [0, 0.1) is 6.92 Å². The number of halogens is 1. The van der Waals surface area contributed by atoms with Crippen molar-refractivity contribution in [2.75, 3.05) is 10.6 Å². The fraction of sp³-hybridized carbons (Fsp3) is 0.154. The first kappa shape index (κ1) is 22.3. The van der Waals surface area contributed by atoms with Crippen molar-refractivity contribution in [1.82, 2.24) is 19.5 Å². The van der Waals surface area contributed by atoms with Crippen molar-refractivity contribution in [1.29, 1.82) is 0 Å². The summed E-state index contributed by atoms with van der Waals surface area (Å²) >= 11 is 0. The lowest BCUT2D eigenvalue weighted by atomic mass is 10.1. The molecule has 176 valence electrons. The summed E-state index contributed by atoms with van der Waals surface area (Å²) in [6, 6.07) is 19.3. The smallest absolute Gasteiger partial charge is 0.274 e. The molecule has 3 heterocycles. The second kappa shape index (κ2) is 9.76. The summed E-state index contributed by atoms with van der Waals surface area (Å²) in [5.74, 6) is 0.202. The van der Waals surface area contributed by atoms with E-state index >= 15 is 0 Å². The molecule has 0 radical (unpaired) electrons. The van der Waals surface area contributed by atoms with E-state index in [0.717, 1.165) is 35.3 Å². The number of alkyl halides is 1. The Bertz CT molecular complexity index is 1450. The highest BCUT2D eigenvalue weighted by atomic mass is 19.1. The first-order valence-electron chi connectivity index (χ1n) is 11.2. The molecule has 6 rings (SSSR count). The Morgan fingerprint density at radius 2 is 1.86 bits per heavy atom. The summed E-state index contributed by atoms with van der Waals surface area (Å²) in [5, 5.41) is 10.1. The van der Waals surface area contributed by atoms with Gasteiger partial charge in [-0.15, -0.1) is 0 Å². The van der Waals surface area contributed by atoms with Gasteiger partial charge in [0.15, 0.2) is 0 Å². The number of nitrogens with zero attached hydrogens (tertiary/aromatic N) is 4. The number of pyridine rings is 1. The van der Waals surface area contributed by atoms with E-state index in [0.29, 0.717) is 22.9 Å². The number of benzene rings is 2. The van der Waals surface area contributed by atoms with Gasteiger partial charge >= 0.3 is 0 Å². The van der Waals surface area contributed by atoms with Gasteiger partial charge in [-0.1, -0.05) is 35.5 Å². The van der Waals surface area contributed by atoms with Crippen molar-refractivity contribution in [2.24, 2.45) is 0 Å². The van der Waals surface area contributed by atoms with Gasteiger partial charge in [-0.2, -0.15) is 4.98 Å². The molecule has 1 amide bonds. The van der Waals surface area contributed by atoms with Crippen LogP contribution in [0.4, 0.5) is 21.5 Å². The topological polar surface area (TPSA) is 97.4 Å². The summed E-state index contributed by atoms with van der Waals surface area (Å²) in [5.41, 5.74) is 5.32. The molecule has 0 saturated heterocycles. The second-order valence-corrected chi connectivity index (χ2v) is 8.19. The molecule has 1 saturated carbocycles. The van der Waals surface area contributed by atoms with Crippen molar-refractivity contribution in [3.63, 3.8) is 0 Å². The van der Waals surface area contributed by atoms with Crippen molar-refractivity contribution < 1.29 is 13.7 Å². The minimum Gasteiger partial charge on any atom is -0.355 e. The highest BCUT2D eigenvalue weighted by Crippen LogP contribution is 2.24. The molecular formula is C26H23FN6O2. The van der Waals surface area contributed by atoms with Gasteiger partial charge in [-0.3, -0.25) is 9.20 Å². The number of anilines is 3. The molecule has 2 aromatic carbocycles. The first-order chi connectivity index (χ1) is 17.1. The van der Waals surface area contributed by atoms with Crippen molar-refractivity contribution >= 4 is 28.6 Å². The number of nitrogens with one attached hydrogen (secondary N) is 2. The van der Waals surface area contributed by atoms with Crippen LogP contribution in [0.2, 0.25) is 0 Å². The van der Waals surface area contributed by atoms with Gasteiger partial charge in [-0.05, 0) is 49.6 Å². The first-order valence-corrected chi connectivity index (χ1v) is 11.2. The normalized spacial score (nSPS) is 12.6. The predicted molar refractivity (Wildman–Crippen MR) is 131 cm³/mol. The zero-order valence-electron chi connectivity index (χ0n) is 19.0. The molecule has 2 N–H and O–H groups in total. The van der Waals surface area contributed by atoms with Crippen LogP contribution in [0.5, 0.6) is 0 Å². The predicted octanol–water partition coefficient (Wildman–Crippen LogP) is 5.81. The third kappa shape index (κ3) is 5.35. The van der Waals surface area contributed by atoms with Crippen LogP contribution in [0.25, 0.3) is 17.0 Å². The van der Waals surface area contributed by atoms with Gasteiger partial charge < -0.3 is 15.2 Å². The Balaban J connectivity index is 0.000000577. The average Bonchev–Trinajstić information content (AvgIpc) is 3.31. The molecule has 8 nitrogen and oxygen atoms in total. The molecule has 35 heavy (non-hydrogen) atoms. The summed E-state index contributed by atoms with van der Waals surface area (Å²) in [6.45, 7) is 1.92. The minimum absolute atomic E-state index is 0.260. The fourth-order valence-electron chi connectivity index (χ4n) is 3.36. The number of aromatic nitrogens is 4. The maximum Gasteiger partial charge on any atom is 0.274 e. The van der Waals surface area contributed by atoms with Crippen molar-refractivity contribution in [2.45, 2.75) is 25.9 Å². The third-order valence-corrected chi connectivity index (χ3v) is 5.42. The molecule has 1 aliphatic carbocycles.